The Hall–Kier alpha value is 0.120. The largest absolute Gasteiger partial charge is 0.0882 e. The highest BCUT2D eigenvalue weighted by molar-refractivity contribution is 6.52. The molecule has 0 amide bonds. The van der Waals surface area contributed by atoms with E-state index in [1.807, 2.05) is 0 Å². The standard InChI is InChI=1S/C16H12Cl4/c17-13-11-7-5-3-1-2-4-6(7)9-8(5)10(9)12(11)14(18)16(20)15(13)19/h1-2,5-10H,3-4H2. The molecule has 0 aliphatic heterocycles. The first kappa shape index (κ1) is 12.6. The zero-order chi connectivity index (χ0) is 13.8. The molecule has 104 valence electrons. The molecule has 0 spiro atoms. The Kier molecular flexibility index (Phi) is 2.47. The van der Waals surface area contributed by atoms with Crippen LogP contribution >= 0.6 is 46.4 Å². The van der Waals surface area contributed by atoms with E-state index in [-0.39, 0.29) is 0 Å². The van der Waals surface area contributed by atoms with E-state index in [9.17, 15) is 0 Å². The lowest BCUT2D eigenvalue weighted by molar-refractivity contribution is 0.318. The van der Waals surface area contributed by atoms with Crippen molar-refractivity contribution >= 4 is 46.4 Å². The Bertz CT molecular complexity index is 656. The maximum absolute atomic E-state index is 6.56. The summed E-state index contributed by atoms with van der Waals surface area (Å²) in [5.74, 6) is 4.16. The van der Waals surface area contributed by atoms with E-state index in [1.165, 1.54) is 24.0 Å². The van der Waals surface area contributed by atoms with Crippen molar-refractivity contribution in [3.05, 3.63) is 43.4 Å². The third-order valence-electron chi connectivity index (χ3n) is 6.04. The first-order chi connectivity index (χ1) is 9.63. The van der Waals surface area contributed by atoms with Gasteiger partial charge in [0.05, 0.1) is 20.1 Å². The Morgan fingerprint density at radius 3 is 1.60 bits per heavy atom. The molecule has 4 unspecified atom stereocenters. The van der Waals surface area contributed by atoms with Crippen molar-refractivity contribution in [2.24, 2.45) is 23.7 Å². The molecule has 6 rings (SSSR count). The van der Waals surface area contributed by atoms with E-state index < -0.39 is 0 Å². The Labute approximate surface area is 138 Å². The Morgan fingerprint density at radius 1 is 0.650 bits per heavy atom. The van der Waals surface area contributed by atoms with Gasteiger partial charge in [0.25, 0.3) is 0 Å². The minimum absolute atomic E-state index is 0.435. The van der Waals surface area contributed by atoms with Gasteiger partial charge in [-0.2, -0.15) is 0 Å². The van der Waals surface area contributed by atoms with E-state index in [2.05, 4.69) is 12.2 Å². The summed E-state index contributed by atoms with van der Waals surface area (Å²) in [4.78, 5) is 0. The Balaban J connectivity index is 1.81. The maximum Gasteiger partial charge on any atom is 0.0796 e. The summed E-state index contributed by atoms with van der Waals surface area (Å²) in [5.41, 5.74) is 2.44. The van der Waals surface area contributed by atoms with E-state index >= 15 is 0 Å². The summed E-state index contributed by atoms with van der Waals surface area (Å²) < 4.78 is 0. The van der Waals surface area contributed by atoms with Gasteiger partial charge >= 0.3 is 0 Å². The SMILES string of the molecule is Clc1c(Cl)c(Cl)c2c(c1Cl)C1C3CC=CCC1C1C2C31. The van der Waals surface area contributed by atoms with Gasteiger partial charge in [0.2, 0.25) is 0 Å². The van der Waals surface area contributed by atoms with Crippen LogP contribution in [0.1, 0.15) is 35.8 Å². The second-order valence-electron chi connectivity index (χ2n) is 6.56. The topological polar surface area (TPSA) is 0 Å². The molecule has 6 bridgehead atoms. The molecule has 5 aliphatic carbocycles. The number of halogens is 4. The second kappa shape index (κ2) is 3.90. The number of hydrogen-bond acceptors (Lipinski definition) is 0. The molecule has 0 N–H and O–H groups in total. The maximum atomic E-state index is 6.56. The van der Waals surface area contributed by atoms with Gasteiger partial charge in [-0.1, -0.05) is 58.6 Å². The molecule has 2 saturated carbocycles. The third-order valence-corrected chi connectivity index (χ3v) is 7.87. The van der Waals surface area contributed by atoms with E-state index in [0.717, 1.165) is 23.7 Å². The van der Waals surface area contributed by atoms with Crippen molar-refractivity contribution in [3.63, 3.8) is 0 Å². The van der Waals surface area contributed by atoms with Crippen LogP contribution in [0.5, 0.6) is 0 Å². The molecule has 5 aliphatic rings. The second-order valence-corrected chi connectivity index (χ2v) is 8.07. The van der Waals surface area contributed by atoms with Crippen LogP contribution in [0.2, 0.25) is 20.1 Å². The van der Waals surface area contributed by atoms with Crippen molar-refractivity contribution in [2.75, 3.05) is 0 Å². The van der Waals surface area contributed by atoms with Crippen LogP contribution in [0.4, 0.5) is 0 Å². The van der Waals surface area contributed by atoms with Gasteiger partial charge in [-0.3, -0.25) is 0 Å². The summed E-state index contributed by atoms with van der Waals surface area (Å²) in [7, 11) is 0. The predicted octanol–water partition coefficient (Wildman–Crippen LogP) is 6.32. The smallest absolute Gasteiger partial charge is 0.0796 e. The van der Waals surface area contributed by atoms with E-state index in [1.54, 1.807) is 0 Å². The fraction of sp³-hybridized carbons (Fsp3) is 0.500. The number of hydrogen-bond donors (Lipinski definition) is 0. The lowest BCUT2D eigenvalue weighted by atomic mass is 9.68. The minimum Gasteiger partial charge on any atom is -0.0882 e. The van der Waals surface area contributed by atoms with E-state index in [0.29, 0.717) is 31.9 Å². The van der Waals surface area contributed by atoms with Gasteiger partial charge in [-0.05, 0) is 59.5 Å². The number of allylic oxidation sites excluding steroid dienone is 2. The average molecular weight is 346 g/mol. The van der Waals surface area contributed by atoms with Crippen LogP contribution in [0.25, 0.3) is 0 Å². The average Bonchev–Trinajstić information content (AvgIpc) is 3.12. The van der Waals surface area contributed by atoms with Gasteiger partial charge in [0.1, 0.15) is 0 Å². The van der Waals surface area contributed by atoms with Crippen LogP contribution in [0, 0.1) is 23.7 Å². The first-order valence-corrected chi connectivity index (χ1v) is 8.64. The highest BCUT2D eigenvalue weighted by Crippen LogP contribution is 2.80. The summed E-state index contributed by atoms with van der Waals surface area (Å²) in [6, 6.07) is 0. The van der Waals surface area contributed by atoms with Crippen molar-refractivity contribution < 1.29 is 0 Å². The minimum atomic E-state index is 0.435. The molecule has 2 fully saturated rings. The fourth-order valence-corrected chi connectivity index (χ4v) is 6.64. The number of rotatable bonds is 0. The highest BCUT2D eigenvalue weighted by Gasteiger charge is 2.71. The van der Waals surface area contributed by atoms with Crippen LogP contribution in [-0.2, 0) is 0 Å². The molecular weight excluding hydrogens is 334 g/mol. The molecule has 1 aromatic rings. The lowest BCUT2D eigenvalue weighted by Gasteiger charge is -2.37. The molecule has 4 atom stereocenters. The molecule has 0 saturated heterocycles. The molecule has 4 heteroatoms. The lowest BCUT2D eigenvalue weighted by Crippen LogP contribution is -2.26. The molecule has 0 radical (unpaired) electrons. The van der Waals surface area contributed by atoms with Crippen LogP contribution < -0.4 is 0 Å². The van der Waals surface area contributed by atoms with Crippen LogP contribution in [0.15, 0.2) is 12.2 Å². The summed E-state index contributed by atoms with van der Waals surface area (Å²) in [5, 5.41) is 2.18. The molecule has 0 aromatic heterocycles. The van der Waals surface area contributed by atoms with Gasteiger partial charge in [-0.15, -0.1) is 0 Å². The summed E-state index contributed by atoms with van der Waals surface area (Å²) in [6.07, 6.45) is 7.04. The van der Waals surface area contributed by atoms with Crippen molar-refractivity contribution in [1.29, 1.82) is 0 Å². The monoisotopic (exact) mass is 344 g/mol. The molecule has 20 heavy (non-hydrogen) atoms. The molecule has 0 nitrogen and oxygen atoms in total. The van der Waals surface area contributed by atoms with Crippen molar-refractivity contribution in [2.45, 2.75) is 24.7 Å². The Morgan fingerprint density at radius 2 is 1.10 bits per heavy atom. The van der Waals surface area contributed by atoms with Gasteiger partial charge in [-0.25, -0.2) is 0 Å². The fourth-order valence-electron chi connectivity index (χ4n) is 5.50. The summed E-state index contributed by atoms with van der Waals surface area (Å²) >= 11 is 25.6. The molecular formula is C16H12Cl4. The zero-order valence-electron chi connectivity index (χ0n) is 10.5. The summed E-state index contributed by atoms with van der Waals surface area (Å²) in [6.45, 7) is 0. The first-order valence-electron chi connectivity index (χ1n) is 7.13. The predicted molar refractivity (Wildman–Crippen MR) is 84.3 cm³/mol. The zero-order valence-corrected chi connectivity index (χ0v) is 13.6. The van der Waals surface area contributed by atoms with Crippen LogP contribution in [0.3, 0.4) is 0 Å². The van der Waals surface area contributed by atoms with Crippen molar-refractivity contribution in [3.8, 4) is 0 Å². The quantitative estimate of drug-likeness (QED) is 0.293. The number of benzene rings is 1. The van der Waals surface area contributed by atoms with Gasteiger partial charge in [0, 0.05) is 0 Å². The van der Waals surface area contributed by atoms with Gasteiger partial charge in [0.15, 0.2) is 0 Å². The third kappa shape index (κ3) is 1.25. The normalized spacial score (nSPS) is 42.4. The van der Waals surface area contributed by atoms with Crippen molar-refractivity contribution in [1.82, 2.24) is 0 Å². The highest BCUT2D eigenvalue weighted by atomic mass is 35.5. The van der Waals surface area contributed by atoms with Crippen LogP contribution in [-0.4, -0.2) is 0 Å². The molecule has 1 aromatic carbocycles. The molecule has 0 heterocycles. The van der Waals surface area contributed by atoms with Gasteiger partial charge < -0.3 is 0 Å². The van der Waals surface area contributed by atoms with E-state index in [4.69, 9.17) is 46.4 Å².